The molecule has 2 fully saturated rings. The summed E-state index contributed by atoms with van der Waals surface area (Å²) in [6, 6.07) is 0.149. The summed E-state index contributed by atoms with van der Waals surface area (Å²) in [5, 5.41) is 2.96. The zero-order chi connectivity index (χ0) is 16.4. The molecule has 1 aromatic rings. The van der Waals surface area contributed by atoms with Crippen LogP contribution in [0.3, 0.4) is 0 Å². The fraction of sp³-hybridized carbons (Fsp3) is 0.667. The van der Waals surface area contributed by atoms with E-state index in [9.17, 15) is 14.4 Å². The van der Waals surface area contributed by atoms with Crippen LogP contribution in [0.2, 0.25) is 0 Å². The maximum atomic E-state index is 12.2. The van der Waals surface area contributed by atoms with E-state index in [1.54, 1.807) is 6.92 Å². The van der Waals surface area contributed by atoms with Gasteiger partial charge in [-0.05, 0) is 32.9 Å². The number of nitrogens with one attached hydrogen (secondary N) is 2. The molecule has 23 heavy (non-hydrogen) atoms. The van der Waals surface area contributed by atoms with Crippen LogP contribution < -0.4 is 16.6 Å². The van der Waals surface area contributed by atoms with Crippen molar-refractivity contribution in [3.8, 4) is 0 Å². The quantitative estimate of drug-likeness (QED) is 0.728. The van der Waals surface area contributed by atoms with Gasteiger partial charge >= 0.3 is 5.69 Å². The minimum Gasteiger partial charge on any atom is -0.378 e. The molecule has 0 spiro atoms. The Labute approximate surface area is 133 Å². The number of aromatic amines is 1. The molecule has 3 rings (SSSR count). The standard InChI is InChI=1S/C15H22N4O4/c1-10-6-19(15(22)17-14(10)21)7-13(20)16-11-8-23-9-12(11)18-4-2-3-5-18/h6,11-12H,2-5,7-9H2,1H3,(H,16,20)(H,17,21,22)/t11-,12-/m1/s1. The number of rotatable bonds is 4. The molecule has 0 bridgehead atoms. The first kappa shape index (κ1) is 15.9. The second kappa shape index (κ2) is 6.67. The van der Waals surface area contributed by atoms with E-state index in [1.807, 2.05) is 0 Å². The topological polar surface area (TPSA) is 96.4 Å². The maximum absolute atomic E-state index is 12.2. The van der Waals surface area contributed by atoms with Gasteiger partial charge < -0.3 is 10.1 Å². The van der Waals surface area contributed by atoms with Gasteiger partial charge in [0.05, 0.1) is 25.3 Å². The fourth-order valence-corrected chi connectivity index (χ4v) is 3.26. The lowest BCUT2D eigenvalue weighted by atomic mass is 10.1. The summed E-state index contributed by atoms with van der Waals surface area (Å²) in [6.45, 7) is 4.69. The van der Waals surface area contributed by atoms with Crippen LogP contribution in [-0.2, 0) is 16.1 Å². The highest BCUT2D eigenvalue weighted by Crippen LogP contribution is 2.19. The largest absolute Gasteiger partial charge is 0.378 e. The van der Waals surface area contributed by atoms with E-state index in [4.69, 9.17) is 4.74 Å². The first-order valence-electron chi connectivity index (χ1n) is 7.96. The predicted molar refractivity (Wildman–Crippen MR) is 83.4 cm³/mol. The van der Waals surface area contributed by atoms with Crippen molar-refractivity contribution in [3.63, 3.8) is 0 Å². The third kappa shape index (κ3) is 3.53. The predicted octanol–water partition coefficient (Wildman–Crippen LogP) is -1.18. The number of carbonyl (C=O) groups is 1. The smallest absolute Gasteiger partial charge is 0.328 e. The lowest BCUT2D eigenvalue weighted by molar-refractivity contribution is -0.122. The molecule has 0 saturated carbocycles. The van der Waals surface area contributed by atoms with E-state index in [0.29, 0.717) is 18.8 Å². The first-order valence-corrected chi connectivity index (χ1v) is 7.96. The van der Waals surface area contributed by atoms with Crippen molar-refractivity contribution in [2.75, 3.05) is 26.3 Å². The summed E-state index contributed by atoms with van der Waals surface area (Å²) in [4.78, 5) is 39.9. The van der Waals surface area contributed by atoms with E-state index < -0.39 is 11.2 Å². The van der Waals surface area contributed by atoms with Gasteiger partial charge in [-0.2, -0.15) is 0 Å². The summed E-state index contributed by atoms with van der Waals surface area (Å²) in [7, 11) is 0. The summed E-state index contributed by atoms with van der Waals surface area (Å²) in [6.07, 6.45) is 3.77. The fourth-order valence-electron chi connectivity index (χ4n) is 3.26. The molecule has 1 aromatic heterocycles. The highest BCUT2D eigenvalue weighted by molar-refractivity contribution is 5.76. The molecule has 0 unspecified atom stereocenters. The number of aryl methyl sites for hydroxylation is 1. The Hall–Kier alpha value is -1.93. The zero-order valence-corrected chi connectivity index (χ0v) is 13.2. The molecule has 2 saturated heterocycles. The first-order chi connectivity index (χ1) is 11.0. The molecule has 3 heterocycles. The molecule has 0 radical (unpaired) electrons. The van der Waals surface area contributed by atoms with Gasteiger partial charge in [0.2, 0.25) is 5.91 Å². The van der Waals surface area contributed by atoms with Gasteiger partial charge in [-0.15, -0.1) is 0 Å². The number of likely N-dealkylation sites (tertiary alicyclic amines) is 1. The number of H-pyrrole nitrogens is 1. The van der Waals surface area contributed by atoms with Crippen LogP contribution in [-0.4, -0.2) is 58.7 Å². The van der Waals surface area contributed by atoms with E-state index >= 15 is 0 Å². The van der Waals surface area contributed by atoms with Crippen LogP contribution in [0, 0.1) is 6.92 Å². The molecule has 1 amide bonds. The highest BCUT2D eigenvalue weighted by atomic mass is 16.5. The number of ether oxygens (including phenoxy) is 1. The maximum Gasteiger partial charge on any atom is 0.328 e. The highest BCUT2D eigenvalue weighted by Gasteiger charge is 2.35. The Balaban J connectivity index is 1.64. The lowest BCUT2D eigenvalue weighted by Crippen LogP contribution is -2.51. The Morgan fingerprint density at radius 3 is 2.83 bits per heavy atom. The van der Waals surface area contributed by atoms with Gasteiger partial charge in [-0.3, -0.25) is 24.0 Å². The van der Waals surface area contributed by atoms with Crippen LogP contribution >= 0.6 is 0 Å². The van der Waals surface area contributed by atoms with Gasteiger partial charge in [0.25, 0.3) is 5.56 Å². The summed E-state index contributed by atoms with van der Waals surface area (Å²) in [5.74, 6) is -0.252. The van der Waals surface area contributed by atoms with E-state index in [1.165, 1.54) is 23.6 Å². The van der Waals surface area contributed by atoms with E-state index in [2.05, 4.69) is 15.2 Å². The molecule has 0 aliphatic carbocycles. The number of hydrogen-bond donors (Lipinski definition) is 2. The van der Waals surface area contributed by atoms with Crippen LogP contribution in [0.1, 0.15) is 18.4 Å². The minimum atomic E-state index is -0.575. The third-order valence-corrected chi connectivity index (χ3v) is 4.51. The summed E-state index contributed by atoms with van der Waals surface area (Å²) in [5.41, 5.74) is -0.601. The molecule has 2 aliphatic rings. The molecule has 2 N–H and O–H groups in total. The third-order valence-electron chi connectivity index (χ3n) is 4.51. The summed E-state index contributed by atoms with van der Waals surface area (Å²) >= 11 is 0. The number of aromatic nitrogens is 2. The Morgan fingerprint density at radius 1 is 1.35 bits per heavy atom. The summed E-state index contributed by atoms with van der Waals surface area (Å²) < 4.78 is 6.73. The van der Waals surface area contributed by atoms with Crippen LogP contribution in [0.25, 0.3) is 0 Å². The normalized spacial score (nSPS) is 24.9. The second-order valence-corrected chi connectivity index (χ2v) is 6.22. The van der Waals surface area contributed by atoms with E-state index in [-0.39, 0.29) is 24.5 Å². The van der Waals surface area contributed by atoms with Gasteiger partial charge in [0, 0.05) is 11.8 Å². The Kier molecular flexibility index (Phi) is 4.63. The average molecular weight is 322 g/mol. The van der Waals surface area contributed by atoms with Crippen LogP contribution in [0.15, 0.2) is 15.8 Å². The van der Waals surface area contributed by atoms with Crippen LogP contribution in [0.5, 0.6) is 0 Å². The lowest BCUT2D eigenvalue weighted by Gasteiger charge is -2.27. The van der Waals surface area contributed by atoms with Crippen molar-refractivity contribution in [2.24, 2.45) is 0 Å². The van der Waals surface area contributed by atoms with Crippen LogP contribution in [0.4, 0.5) is 0 Å². The molecule has 2 aliphatic heterocycles. The Morgan fingerprint density at radius 2 is 2.09 bits per heavy atom. The minimum absolute atomic E-state index is 0.0554. The second-order valence-electron chi connectivity index (χ2n) is 6.22. The van der Waals surface area contributed by atoms with Crippen molar-refractivity contribution in [1.29, 1.82) is 0 Å². The van der Waals surface area contributed by atoms with Crippen molar-refractivity contribution in [1.82, 2.24) is 19.8 Å². The van der Waals surface area contributed by atoms with E-state index in [0.717, 1.165) is 13.1 Å². The molecule has 126 valence electrons. The van der Waals surface area contributed by atoms with Gasteiger partial charge in [-0.1, -0.05) is 0 Å². The van der Waals surface area contributed by atoms with Crippen molar-refractivity contribution in [3.05, 3.63) is 32.6 Å². The number of nitrogens with zero attached hydrogens (tertiary/aromatic N) is 2. The van der Waals surface area contributed by atoms with Crippen molar-refractivity contribution in [2.45, 2.75) is 38.4 Å². The Bertz CT molecular complexity index is 689. The number of hydrogen-bond acceptors (Lipinski definition) is 5. The zero-order valence-electron chi connectivity index (χ0n) is 13.2. The molecule has 2 atom stereocenters. The van der Waals surface area contributed by atoms with Crippen molar-refractivity contribution >= 4 is 5.91 Å². The molecule has 8 heteroatoms. The monoisotopic (exact) mass is 322 g/mol. The number of carbonyl (C=O) groups excluding carboxylic acids is 1. The molecular formula is C15H22N4O4. The SMILES string of the molecule is Cc1cn(CC(=O)N[C@@H]2COC[C@H]2N2CCCC2)c(=O)[nH]c1=O. The number of amides is 1. The molecular weight excluding hydrogens is 300 g/mol. The van der Waals surface area contributed by atoms with Crippen molar-refractivity contribution < 1.29 is 9.53 Å². The average Bonchev–Trinajstić information content (AvgIpc) is 3.15. The van der Waals surface area contributed by atoms with Gasteiger partial charge in [0.1, 0.15) is 6.54 Å². The molecule has 8 nitrogen and oxygen atoms in total. The molecule has 0 aromatic carbocycles. The van der Waals surface area contributed by atoms with Gasteiger partial charge in [-0.25, -0.2) is 4.79 Å². The van der Waals surface area contributed by atoms with Gasteiger partial charge in [0.15, 0.2) is 0 Å².